The molecule has 0 aliphatic heterocycles. The van der Waals surface area contributed by atoms with Gasteiger partial charge < -0.3 is 11.1 Å². The summed E-state index contributed by atoms with van der Waals surface area (Å²) in [6.07, 6.45) is 7.18. The maximum atomic E-state index is 6.14. The van der Waals surface area contributed by atoms with Gasteiger partial charge in [0.25, 0.3) is 0 Å². The predicted octanol–water partition coefficient (Wildman–Crippen LogP) is 3.85. The number of fused-ring (bicyclic) bond motifs is 1. The third kappa shape index (κ3) is 2.39. The summed E-state index contributed by atoms with van der Waals surface area (Å²) in [6.45, 7) is 2.00. The smallest absolute Gasteiger partial charge is 0.138 e. The summed E-state index contributed by atoms with van der Waals surface area (Å²) in [6, 6.07) is 13.6. The number of hydrogen-bond donors (Lipinski definition) is 2. The highest BCUT2D eigenvalue weighted by Crippen LogP contribution is 2.30. The number of hydrogen-bond acceptors (Lipinski definition) is 3. The Kier molecular flexibility index (Phi) is 3.21. The number of nitrogens with zero attached hydrogens (tertiary/aromatic N) is 1. The van der Waals surface area contributed by atoms with E-state index in [4.69, 9.17) is 12.2 Å². The first-order valence-corrected chi connectivity index (χ1v) is 6.66. The average Bonchev–Trinajstić information content (AvgIpc) is 2.52. The number of aryl methyl sites for hydroxylation is 1. The standard InChI is InChI=1S/C18H15N3/c1-3-13-5-4-6-14(11-13)21-18-16-8-7-12(2)17(19)15(16)9-10-20-18/h1,4-11H,19H2,2H3,(H,20,21). The van der Waals surface area contributed by atoms with Crippen LogP contribution in [-0.4, -0.2) is 4.98 Å². The van der Waals surface area contributed by atoms with Crippen molar-refractivity contribution in [3.8, 4) is 12.3 Å². The van der Waals surface area contributed by atoms with Crippen molar-refractivity contribution in [1.29, 1.82) is 0 Å². The molecule has 0 saturated heterocycles. The first-order chi connectivity index (χ1) is 10.2. The molecule has 3 aromatic rings. The summed E-state index contributed by atoms with van der Waals surface area (Å²) >= 11 is 0. The Labute approximate surface area is 123 Å². The van der Waals surface area contributed by atoms with Crippen LogP contribution in [0.25, 0.3) is 10.8 Å². The Morgan fingerprint density at radius 2 is 2.00 bits per heavy atom. The number of nitrogens with two attached hydrogens (primary N) is 1. The van der Waals surface area contributed by atoms with E-state index >= 15 is 0 Å². The molecular formula is C18H15N3. The highest BCUT2D eigenvalue weighted by molar-refractivity contribution is 6.01. The van der Waals surface area contributed by atoms with Gasteiger partial charge in [-0.3, -0.25) is 0 Å². The minimum atomic E-state index is 0.772. The molecule has 3 rings (SSSR count). The molecule has 3 heteroatoms. The van der Waals surface area contributed by atoms with Crippen LogP contribution in [-0.2, 0) is 0 Å². The number of rotatable bonds is 2. The van der Waals surface area contributed by atoms with E-state index in [1.54, 1.807) is 6.20 Å². The number of nitrogen functional groups attached to an aromatic ring is 1. The zero-order valence-electron chi connectivity index (χ0n) is 11.7. The second-order valence-electron chi connectivity index (χ2n) is 4.90. The fraction of sp³-hybridized carbons (Fsp3) is 0.0556. The van der Waals surface area contributed by atoms with Crippen molar-refractivity contribution in [2.24, 2.45) is 0 Å². The van der Waals surface area contributed by atoms with Gasteiger partial charge in [-0.25, -0.2) is 4.98 Å². The minimum absolute atomic E-state index is 0.772. The molecule has 0 spiro atoms. The molecule has 0 aliphatic rings. The van der Waals surface area contributed by atoms with Crippen LogP contribution in [0.3, 0.4) is 0 Å². The van der Waals surface area contributed by atoms with E-state index in [-0.39, 0.29) is 0 Å². The van der Waals surface area contributed by atoms with Crippen molar-refractivity contribution in [3.05, 3.63) is 59.8 Å². The number of nitrogens with one attached hydrogen (secondary N) is 1. The number of aromatic nitrogens is 1. The summed E-state index contributed by atoms with van der Waals surface area (Å²) in [5, 5.41) is 5.30. The van der Waals surface area contributed by atoms with Crippen LogP contribution in [0, 0.1) is 19.3 Å². The maximum absolute atomic E-state index is 6.14. The first kappa shape index (κ1) is 13.0. The third-order valence-corrected chi connectivity index (χ3v) is 3.50. The largest absolute Gasteiger partial charge is 0.398 e. The highest BCUT2D eigenvalue weighted by atomic mass is 15.0. The quantitative estimate of drug-likeness (QED) is 0.551. The van der Waals surface area contributed by atoms with Gasteiger partial charge >= 0.3 is 0 Å². The van der Waals surface area contributed by atoms with E-state index in [9.17, 15) is 0 Å². The van der Waals surface area contributed by atoms with E-state index in [2.05, 4.69) is 16.2 Å². The molecule has 0 atom stereocenters. The Morgan fingerprint density at radius 3 is 2.81 bits per heavy atom. The van der Waals surface area contributed by atoms with Crippen LogP contribution < -0.4 is 11.1 Å². The molecule has 1 heterocycles. The van der Waals surface area contributed by atoms with Gasteiger partial charge in [0, 0.05) is 33.9 Å². The predicted molar refractivity (Wildman–Crippen MR) is 88.6 cm³/mol. The van der Waals surface area contributed by atoms with Crippen LogP contribution >= 0.6 is 0 Å². The molecule has 102 valence electrons. The highest BCUT2D eigenvalue weighted by Gasteiger charge is 2.07. The molecule has 0 radical (unpaired) electrons. The normalized spacial score (nSPS) is 10.3. The second kappa shape index (κ2) is 5.18. The molecule has 0 unspecified atom stereocenters. The van der Waals surface area contributed by atoms with Crippen LogP contribution in [0.5, 0.6) is 0 Å². The summed E-state index contributed by atoms with van der Waals surface area (Å²) in [7, 11) is 0. The molecule has 0 fully saturated rings. The second-order valence-corrected chi connectivity index (χ2v) is 4.90. The van der Waals surface area contributed by atoms with Gasteiger partial charge in [-0.1, -0.05) is 24.1 Å². The molecule has 21 heavy (non-hydrogen) atoms. The van der Waals surface area contributed by atoms with E-state index in [0.717, 1.165) is 39.1 Å². The Bertz CT molecular complexity index is 860. The van der Waals surface area contributed by atoms with Crippen molar-refractivity contribution < 1.29 is 0 Å². The van der Waals surface area contributed by atoms with Gasteiger partial charge in [0.05, 0.1) is 0 Å². The summed E-state index contributed by atoms with van der Waals surface area (Å²) in [5.74, 6) is 3.40. The molecule has 0 amide bonds. The fourth-order valence-electron chi connectivity index (χ4n) is 2.31. The molecule has 3 nitrogen and oxygen atoms in total. The minimum Gasteiger partial charge on any atom is -0.398 e. The van der Waals surface area contributed by atoms with Crippen molar-refractivity contribution >= 4 is 28.0 Å². The van der Waals surface area contributed by atoms with Gasteiger partial charge in [0.1, 0.15) is 5.82 Å². The Hall–Kier alpha value is -2.99. The van der Waals surface area contributed by atoms with Gasteiger partial charge in [-0.15, -0.1) is 6.42 Å². The van der Waals surface area contributed by atoms with E-state index in [1.807, 2.05) is 49.4 Å². The topological polar surface area (TPSA) is 50.9 Å². The van der Waals surface area contributed by atoms with E-state index < -0.39 is 0 Å². The van der Waals surface area contributed by atoms with Crippen LogP contribution in [0.4, 0.5) is 17.2 Å². The zero-order chi connectivity index (χ0) is 14.8. The van der Waals surface area contributed by atoms with Crippen molar-refractivity contribution in [3.63, 3.8) is 0 Å². The van der Waals surface area contributed by atoms with E-state index in [1.165, 1.54) is 0 Å². The van der Waals surface area contributed by atoms with Crippen LogP contribution in [0.15, 0.2) is 48.7 Å². The fourth-order valence-corrected chi connectivity index (χ4v) is 2.31. The summed E-state index contributed by atoms with van der Waals surface area (Å²) in [4.78, 5) is 4.41. The zero-order valence-corrected chi connectivity index (χ0v) is 11.7. The number of terminal acetylenes is 1. The molecule has 3 N–H and O–H groups in total. The monoisotopic (exact) mass is 273 g/mol. The number of pyridine rings is 1. The van der Waals surface area contributed by atoms with Crippen molar-refractivity contribution in [2.75, 3.05) is 11.1 Å². The Balaban J connectivity index is 2.09. The number of anilines is 3. The lowest BCUT2D eigenvalue weighted by Gasteiger charge is -2.11. The number of benzene rings is 2. The van der Waals surface area contributed by atoms with Crippen LogP contribution in [0.1, 0.15) is 11.1 Å². The molecular weight excluding hydrogens is 258 g/mol. The molecule has 0 aliphatic carbocycles. The lowest BCUT2D eigenvalue weighted by atomic mass is 10.1. The lowest BCUT2D eigenvalue weighted by Crippen LogP contribution is -1.97. The Morgan fingerprint density at radius 1 is 1.14 bits per heavy atom. The van der Waals surface area contributed by atoms with Crippen molar-refractivity contribution in [2.45, 2.75) is 6.92 Å². The maximum Gasteiger partial charge on any atom is 0.138 e. The SMILES string of the molecule is C#Cc1cccc(Nc2nccc3c(N)c(C)ccc23)c1. The van der Waals surface area contributed by atoms with Gasteiger partial charge in [0.15, 0.2) is 0 Å². The third-order valence-electron chi connectivity index (χ3n) is 3.50. The van der Waals surface area contributed by atoms with Crippen molar-refractivity contribution in [1.82, 2.24) is 4.98 Å². The average molecular weight is 273 g/mol. The first-order valence-electron chi connectivity index (χ1n) is 6.66. The lowest BCUT2D eigenvalue weighted by molar-refractivity contribution is 1.33. The molecule has 0 saturated carbocycles. The van der Waals surface area contributed by atoms with Crippen LogP contribution in [0.2, 0.25) is 0 Å². The molecule has 0 bridgehead atoms. The van der Waals surface area contributed by atoms with E-state index in [0.29, 0.717) is 0 Å². The summed E-state index contributed by atoms with van der Waals surface area (Å²) in [5.41, 5.74) is 9.73. The van der Waals surface area contributed by atoms with Gasteiger partial charge in [-0.2, -0.15) is 0 Å². The molecule has 2 aromatic carbocycles. The molecule has 1 aromatic heterocycles. The van der Waals surface area contributed by atoms with Gasteiger partial charge in [-0.05, 0) is 36.8 Å². The summed E-state index contributed by atoms with van der Waals surface area (Å²) < 4.78 is 0. The van der Waals surface area contributed by atoms with Gasteiger partial charge in [0.2, 0.25) is 0 Å².